The number of nitrogens with zero attached hydrogens (tertiary/aromatic N) is 1. The van der Waals surface area contributed by atoms with Crippen LogP contribution < -0.4 is 10.1 Å². The predicted molar refractivity (Wildman–Crippen MR) is 118 cm³/mol. The SMILES string of the molecule is Cc1ccccc1OCC(=O)Nc1cccc(-c2csc(-c3ccccc3)n2)c1. The smallest absolute Gasteiger partial charge is 0.262 e. The molecular formula is C24H20N2O2S. The van der Waals surface area contributed by atoms with E-state index in [0.29, 0.717) is 5.75 Å². The molecule has 144 valence electrons. The Kier molecular flexibility index (Phi) is 5.68. The normalized spacial score (nSPS) is 10.5. The van der Waals surface area contributed by atoms with E-state index in [1.54, 1.807) is 11.3 Å². The standard InChI is InChI=1S/C24H20N2O2S/c1-17-8-5-6-13-22(17)28-15-23(27)25-20-12-7-11-19(14-20)21-16-29-24(26-21)18-9-3-2-4-10-18/h2-14,16H,15H2,1H3,(H,25,27). The van der Waals surface area contributed by atoms with Crippen molar-refractivity contribution in [2.45, 2.75) is 6.92 Å². The molecule has 1 aromatic heterocycles. The van der Waals surface area contributed by atoms with Gasteiger partial charge in [0.25, 0.3) is 5.91 Å². The lowest BCUT2D eigenvalue weighted by Crippen LogP contribution is -2.20. The van der Waals surface area contributed by atoms with Gasteiger partial charge in [-0.15, -0.1) is 11.3 Å². The number of aryl methyl sites for hydroxylation is 1. The Labute approximate surface area is 173 Å². The fourth-order valence-electron chi connectivity index (χ4n) is 2.93. The molecule has 4 rings (SSSR count). The van der Waals surface area contributed by atoms with Gasteiger partial charge in [-0.05, 0) is 30.7 Å². The van der Waals surface area contributed by atoms with E-state index >= 15 is 0 Å². The van der Waals surface area contributed by atoms with Crippen LogP contribution in [0, 0.1) is 6.92 Å². The number of nitrogens with one attached hydrogen (secondary N) is 1. The van der Waals surface area contributed by atoms with E-state index in [0.717, 1.165) is 33.1 Å². The molecule has 3 aromatic carbocycles. The number of amides is 1. The maximum absolute atomic E-state index is 12.3. The third kappa shape index (κ3) is 4.70. The lowest BCUT2D eigenvalue weighted by Gasteiger charge is -2.10. The van der Waals surface area contributed by atoms with Gasteiger partial charge in [-0.3, -0.25) is 4.79 Å². The van der Waals surface area contributed by atoms with Gasteiger partial charge in [0, 0.05) is 22.2 Å². The summed E-state index contributed by atoms with van der Waals surface area (Å²) >= 11 is 1.61. The van der Waals surface area contributed by atoms with Gasteiger partial charge in [0.1, 0.15) is 10.8 Å². The van der Waals surface area contributed by atoms with Gasteiger partial charge in [0.2, 0.25) is 0 Å². The highest BCUT2D eigenvalue weighted by atomic mass is 32.1. The Balaban J connectivity index is 1.43. The van der Waals surface area contributed by atoms with Gasteiger partial charge in [-0.25, -0.2) is 4.98 Å². The summed E-state index contributed by atoms with van der Waals surface area (Å²) in [5, 5.41) is 5.90. The number of rotatable bonds is 6. The number of ether oxygens (including phenoxy) is 1. The lowest BCUT2D eigenvalue weighted by molar-refractivity contribution is -0.118. The summed E-state index contributed by atoms with van der Waals surface area (Å²) in [7, 11) is 0. The molecule has 0 aliphatic rings. The van der Waals surface area contributed by atoms with Crippen LogP contribution in [0.4, 0.5) is 5.69 Å². The van der Waals surface area contributed by atoms with Crippen molar-refractivity contribution in [1.82, 2.24) is 4.98 Å². The minimum absolute atomic E-state index is 0.0378. The highest BCUT2D eigenvalue weighted by molar-refractivity contribution is 7.13. The van der Waals surface area contributed by atoms with E-state index in [1.807, 2.05) is 91.2 Å². The van der Waals surface area contributed by atoms with Gasteiger partial charge in [-0.2, -0.15) is 0 Å². The maximum Gasteiger partial charge on any atom is 0.262 e. The zero-order chi connectivity index (χ0) is 20.1. The molecule has 0 fully saturated rings. The quantitative estimate of drug-likeness (QED) is 0.445. The van der Waals surface area contributed by atoms with Gasteiger partial charge in [0.05, 0.1) is 5.69 Å². The third-order valence-corrected chi connectivity index (χ3v) is 5.31. The number of thiazole rings is 1. The Bertz CT molecular complexity index is 1120. The molecule has 4 nitrogen and oxygen atoms in total. The summed E-state index contributed by atoms with van der Waals surface area (Å²) in [4.78, 5) is 17.0. The summed E-state index contributed by atoms with van der Waals surface area (Å²) in [5.74, 6) is 0.515. The Hall–Kier alpha value is -3.44. The lowest BCUT2D eigenvalue weighted by atomic mass is 10.1. The van der Waals surface area contributed by atoms with Crippen molar-refractivity contribution in [3.05, 3.63) is 89.8 Å². The van der Waals surface area contributed by atoms with E-state index in [-0.39, 0.29) is 12.5 Å². The molecule has 5 heteroatoms. The molecule has 0 bridgehead atoms. The number of anilines is 1. The molecule has 0 atom stereocenters. The first kappa shape index (κ1) is 18.9. The number of para-hydroxylation sites is 1. The second kappa shape index (κ2) is 8.71. The largest absolute Gasteiger partial charge is 0.483 e. The zero-order valence-electron chi connectivity index (χ0n) is 16.0. The molecule has 1 N–H and O–H groups in total. The molecule has 0 saturated carbocycles. The average Bonchev–Trinajstić information content (AvgIpc) is 3.24. The second-order valence-corrected chi connectivity index (χ2v) is 7.45. The summed E-state index contributed by atoms with van der Waals surface area (Å²) in [5.41, 5.74) is 4.67. The Morgan fingerprint density at radius 2 is 1.72 bits per heavy atom. The number of benzene rings is 3. The number of carbonyl (C=O) groups is 1. The monoisotopic (exact) mass is 400 g/mol. The van der Waals surface area contributed by atoms with Crippen molar-refractivity contribution in [3.8, 4) is 27.6 Å². The summed E-state index contributed by atoms with van der Waals surface area (Å²) < 4.78 is 5.62. The molecule has 0 spiro atoms. The van der Waals surface area contributed by atoms with Crippen molar-refractivity contribution in [3.63, 3.8) is 0 Å². The van der Waals surface area contributed by atoms with Crippen LogP contribution in [-0.2, 0) is 4.79 Å². The fourth-order valence-corrected chi connectivity index (χ4v) is 3.77. The Morgan fingerprint density at radius 3 is 2.55 bits per heavy atom. The Morgan fingerprint density at radius 1 is 0.966 bits per heavy atom. The van der Waals surface area contributed by atoms with E-state index in [2.05, 4.69) is 5.32 Å². The number of hydrogen-bond acceptors (Lipinski definition) is 4. The van der Waals surface area contributed by atoms with Crippen molar-refractivity contribution < 1.29 is 9.53 Å². The molecule has 1 heterocycles. The van der Waals surface area contributed by atoms with Gasteiger partial charge in [-0.1, -0.05) is 60.7 Å². The van der Waals surface area contributed by atoms with Crippen LogP contribution in [0.1, 0.15) is 5.56 Å². The molecule has 0 unspecified atom stereocenters. The van der Waals surface area contributed by atoms with Crippen molar-refractivity contribution in [2.75, 3.05) is 11.9 Å². The first-order valence-electron chi connectivity index (χ1n) is 9.29. The second-order valence-electron chi connectivity index (χ2n) is 6.59. The molecule has 0 saturated heterocycles. The van der Waals surface area contributed by atoms with Gasteiger partial charge >= 0.3 is 0 Å². The maximum atomic E-state index is 12.3. The van der Waals surface area contributed by atoms with Crippen LogP contribution in [0.3, 0.4) is 0 Å². The minimum Gasteiger partial charge on any atom is -0.483 e. The van der Waals surface area contributed by atoms with E-state index < -0.39 is 0 Å². The molecule has 1 amide bonds. The molecule has 29 heavy (non-hydrogen) atoms. The third-order valence-electron chi connectivity index (χ3n) is 4.42. The van der Waals surface area contributed by atoms with Crippen LogP contribution in [0.2, 0.25) is 0 Å². The van der Waals surface area contributed by atoms with E-state index in [1.165, 1.54) is 0 Å². The van der Waals surface area contributed by atoms with Crippen LogP contribution >= 0.6 is 11.3 Å². The molecular weight excluding hydrogens is 380 g/mol. The van der Waals surface area contributed by atoms with E-state index in [4.69, 9.17) is 9.72 Å². The molecule has 0 radical (unpaired) electrons. The fraction of sp³-hybridized carbons (Fsp3) is 0.0833. The van der Waals surface area contributed by atoms with Crippen molar-refractivity contribution in [1.29, 1.82) is 0 Å². The van der Waals surface area contributed by atoms with Crippen LogP contribution in [0.25, 0.3) is 21.8 Å². The van der Waals surface area contributed by atoms with Crippen LogP contribution in [0.15, 0.2) is 84.2 Å². The minimum atomic E-state index is -0.200. The van der Waals surface area contributed by atoms with Crippen molar-refractivity contribution in [2.24, 2.45) is 0 Å². The highest BCUT2D eigenvalue weighted by Crippen LogP contribution is 2.29. The molecule has 4 aromatic rings. The summed E-state index contributed by atoms with van der Waals surface area (Å²) in [6.45, 7) is 1.91. The first-order chi connectivity index (χ1) is 14.2. The summed E-state index contributed by atoms with van der Waals surface area (Å²) in [6.07, 6.45) is 0. The van der Waals surface area contributed by atoms with Crippen LogP contribution in [0.5, 0.6) is 5.75 Å². The number of carbonyl (C=O) groups excluding carboxylic acids is 1. The van der Waals surface area contributed by atoms with Crippen LogP contribution in [-0.4, -0.2) is 17.5 Å². The zero-order valence-corrected chi connectivity index (χ0v) is 16.8. The predicted octanol–water partition coefficient (Wildman–Crippen LogP) is 5.80. The number of aromatic nitrogens is 1. The summed E-state index contributed by atoms with van der Waals surface area (Å²) in [6, 6.07) is 25.4. The highest BCUT2D eigenvalue weighted by Gasteiger charge is 2.09. The van der Waals surface area contributed by atoms with Gasteiger partial charge < -0.3 is 10.1 Å². The van der Waals surface area contributed by atoms with Crippen molar-refractivity contribution >= 4 is 22.9 Å². The van der Waals surface area contributed by atoms with Gasteiger partial charge in [0.15, 0.2) is 6.61 Å². The molecule has 0 aliphatic carbocycles. The number of hydrogen-bond donors (Lipinski definition) is 1. The first-order valence-corrected chi connectivity index (χ1v) is 10.2. The van der Waals surface area contributed by atoms with E-state index in [9.17, 15) is 4.79 Å². The average molecular weight is 401 g/mol. The molecule has 0 aliphatic heterocycles. The topological polar surface area (TPSA) is 51.2 Å².